The number of alkyl carbamates (subject to hydrolysis) is 2. The number of ether oxygens (including phenoxy) is 6. The van der Waals surface area contributed by atoms with E-state index in [-0.39, 0.29) is 48.2 Å². The summed E-state index contributed by atoms with van der Waals surface area (Å²) in [6.45, 7) is 8.76. The summed E-state index contributed by atoms with van der Waals surface area (Å²) in [6.07, 6.45) is 8.68. The van der Waals surface area contributed by atoms with Crippen molar-refractivity contribution < 1.29 is 47.6 Å². The van der Waals surface area contributed by atoms with Crippen molar-refractivity contribution in [2.75, 3.05) is 120 Å². The third-order valence-corrected chi connectivity index (χ3v) is 13.9. The number of carbonyl (C=O) groups is 4. The van der Waals surface area contributed by atoms with E-state index >= 15 is 0 Å². The van der Waals surface area contributed by atoms with Gasteiger partial charge in [0.15, 0.2) is 0 Å². The zero-order chi connectivity index (χ0) is 50.6. The van der Waals surface area contributed by atoms with Gasteiger partial charge in [0.05, 0.1) is 39.6 Å². The molecule has 398 valence electrons. The molecular weight excluding hydrogens is 932 g/mol. The molecule has 6 N–H and O–H groups in total. The van der Waals surface area contributed by atoms with Gasteiger partial charge < -0.3 is 70.1 Å². The number of hydrogen-bond donors (Lipinski definition) is 6. The van der Waals surface area contributed by atoms with Gasteiger partial charge in [0.2, 0.25) is 0 Å². The predicted octanol–water partition coefficient (Wildman–Crippen LogP) is 6.51. The number of likely N-dealkylation sites (N-methyl/N-ethyl adjacent to an activating group) is 2. The Bertz CT molecular complexity index is 1840. The quantitative estimate of drug-likeness (QED) is 0.0700. The third kappa shape index (κ3) is 20.5. The average Bonchev–Trinajstić information content (AvgIpc) is 3.39. The number of urea groups is 2. The summed E-state index contributed by atoms with van der Waals surface area (Å²) in [5.74, 6) is 1.25. The van der Waals surface area contributed by atoms with E-state index in [0.29, 0.717) is 62.8 Å². The number of halogens is 1. The van der Waals surface area contributed by atoms with E-state index in [1.54, 1.807) is 0 Å². The molecule has 2 aromatic rings. The molecule has 0 bridgehead atoms. The maximum Gasteiger partial charge on any atom is 0.406 e. The minimum atomic E-state index is -0.491. The van der Waals surface area contributed by atoms with Crippen LogP contribution in [-0.4, -0.2) is 166 Å². The number of rotatable bonds is 22. The number of likely N-dealkylation sites (tertiary alicyclic amines) is 2. The summed E-state index contributed by atoms with van der Waals surface area (Å²) in [5.41, 5.74) is 2.06. The fourth-order valence-corrected chi connectivity index (χ4v) is 10.4. The van der Waals surface area contributed by atoms with Gasteiger partial charge in [-0.3, -0.25) is 0 Å². The Morgan fingerprint density at radius 3 is 1.56 bits per heavy atom. The zero-order valence-electron chi connectivity index (χ0n) is 42.6. The van der Waals surface area contributed by atoms with Crippen LogP contribution in [0.25, 0.3) is 0 Å². The molecule has 0 aliphatic carbocycles. The van der Waals surface area contributed by atoms with Crippen LogP contribution in [-0.2, 0) is 28.4 Å². The summed E-state index contributed by atoms with van der Waals surface area (Å²) in [5, 5.41) is 18.9. The lowest BCUT2D eigenvalue weighted by atomic mass is 9.88. The molecule has 71 heavy (non-hydrogen) atoms. The molecule has 4 aliphatic heterocycles. The topological polar surface area (TPSA) is 202 Å². The van der Waals surface area contributed by atoms with E-state index in [1.807, 2.05) is 66.4 Å². The van der Waals surface area contributed by atoms with Crippen molar-refractivity contribution in [1.29, 1.82) is 0 Å². The normalized spacial score (nSPS) is 22.0. The Kier molecular flexibility index (Phi) is 26.4. The number of nitrogens with one attached hydrogen (secondary N) is 6. The monoisotopic (exact) mass is 1010 g/mol. The first-order valence-corrected chi connectivity index (χ1v) is 26.2. The number of methoxy groups -OCH3 is 2. The molecule has 18 nitrogen and oxygen atoms in total. The molecule has 0 radical (unpaired) electrons. The third-order valence-electron chi connectivity index (χ3n) is 13.7. The molecule has 4 saturated heterocycles. The van der Waals surface area contributed by atoms with Crippen molar-refractivity contribution >= 4 is 35.8 Å². The molecular formula is C52H83ClN8O10. The van der Waals surface area contributed by atoms with Crippen LogP contribution in [0.5, 0.6) is 0 Å². The molecule has 4 heterocycles. The number of amides is 6. The van der Waals surface area contributed by atoms with Crippen LogP contribution in [0.2, 0.25) is 5.02 Å². The second-order valence-electron chi connectivity index (χ2n) is 19.1. The van der Waals surface area contributed by atoms with Crippen LogP contribution in [0.15, 0.2) is 54.6 Å². The zero-order valence-corrected chi connectivity index (χ0v) is 43.4. The van der Waals surface area contributed by atoms with Crippen LogP contribution in [0.1, 0.15) is 87.5 Å². The van der Waals surface area contributed by atoms with Gasteiger partial charge in [0.1, 0.15) is 0 Å². The van der Waals surface area contributed by atoms with E-state index in [0.717, 1.165) is 121 Å². The van der Waals surface area contributed by atoms with Crippen molar-refractivity contribution in [1.82, 2.24) is 41.7 Å². The highest BCUT2D eigenvalue weighted by Crippen LogP contribution is 2.35. The standard InChI is InChI=1S/C26H41ClN4O5.C26H42N4O5/c1-28-16-23(14-19-6-5-12-35-18-19)30-25(32)31-11-4-8-21(17-31)24(20-7-3-9-22(27)15-20)36-13-10-29-26(33)34-2;1-27-17-23(16-20-8-7-14-34-19-20)29-25(31)30-13-6-11-22(18-30)24(21-9-4-3-5-10-21)35-15-12-28-26(32)33-2/h3,7,9,15,19,21,23-24,28H,4-6,8,10-14,16-18H2,1-2H3,(H,29,33)(H,30,32);3-5,9-10,20,22-24,27H,6-8,11-19H2,1-2H3,(H,28,32)(H,29,31)/t19-,21-,23+,24+;20-,22-,23+,24+/m11/s1. The molecule has 4 fully saturated rings. The molecule has 0 unspecified atom stereocenters. The summed E-state index contributed by atoms with van der Waals surface area (Å²) in [4.78, 5) is 53.1. The lowest BCUT2D eigenvalue weighted by Gasteiger charge is -2.38. The number of benzene rings is 2. The number of nitrogens with zero attached hydrogens (tertiary/aromatic N) is 2. The molecule has 2 aromatic carbocycles. The van der Waals surface area contributed by atoms with Crippen molar-refractivity contribution in [3.63, 3.8) is 0 Å². The van der Waals surface area contributed by atoms with Gasteiger partial charge in [-0.25, -0.2) is 19.2 Å². The van der Waals surface area contributed by atoms with E-state index in [2.05, 4.69) is 53.5 Å². The largest absolute Gasteiger partial charge is 0.453 e. The van der Waals surface area contributed by atoms with E-state index < -0.39 is 12.2 Å². The fourth-order valence-electron chi connectivity index (χ4n) is 10.2. The number of piperidine rings is 2. The maximum absolute atomic E-state index is 13.3. The van der Waals surface area contributed by atoms with E-state index in [4.69, 9.17) is 30.5 Å². The maximum atomic E-state index is 13.3. The first kappa shape index (κ1) is 57.5. The molecule has 0 spiro atoms. The second kappa shape index (κ2) is 32.6. The molecule has 0 saturated carbocycles. The minimum absolute atomic E-state index is 0.00847. The lowest BCUT2D eigenvalue weighted by Crippen LogP contribution is -2.52. The van der Waals surface area contributed by atoms with Crippen LogP contribution in [0.3, 0.4) is 0 Å². The highest BCUT2D eigenvalue weighted by molar-refractivity contribution is 6.30. The molecule has 19 heteroatoms. The molecule has 0 aromatic heterocycles. The van der Waals surface area contributed by atoms with Crippen LogP contribution in [0.4, 0.5) is 19.2 Å². The molecule has 4 aliphatic rings. The predicted molar refractivity (Wildman–Crippen MR) is 274 cm³/mol. The summed E-state index contributed by atoms with van der Waals surface area (Å²) in [6, 6.07) is 17.9. The van der Waals surface area contributed by atoms with Gasteiger partial charge in [-0.05, 0) is 113 Å². The van der Waals surface area contributed by atoms with Gasteiger partial charge in [0.25, 0.3) is 0 Å². The Morgan fingerprint density at radius 2 is 1.13 bits per heavy atom. The van der Waals surface area contributed by atoms with E-state index in [1.165, 1.54) is 14.2 Å². The second-order valence-corrected chi connectivity index (χ2v) is 19.6. The van der Waals surface area contributed by atoms with Crippen LogP contribution >= 0.6 is 11.6 Å². The lowest BCUT2D eigenvalue weighted by molar-refractivity contribution is -0.00880. The van der Waals surface area contributed by atoms with Crippen molar-refractivity contribution in [3.8, 4) is 0 Å². The van der Waals surface area contributed by atoms with Crippen LogP contribution < -0.4 is 31.9 Å². The molecule has 8 atom stereocenters. The highest BCUT2D eigenvalue weighted by Gasteiger charge is 2.34. The first-order valence-electron chi connectivity index (χ1n) is 25.8. The Labute approximate surface area is 427 Å². The number of hydrogen-bond acceptors (Lipinski definition) is 12. The van der Waals surface area contributed by atoms with Gasteiger partial charge in [-0.2, -0.15) is 0 Å². The van der Waals surface area contributed by atoms with Crippen molar-refractivity contribution in [3.05, 3.63) is 70.7 Å². The van der Waals surface area contributed by atoms with Crippen molar-refractivity contribution in [2.24, 2.45) is 23.7 Å². The van der Waals surface area contributed by atoms with Gasteiger partial charge >= 0.3 is 24.2 Å². The number of carbonyl (C=O) groups excluding carboxylic acids is 4. The first-order chi connectivity index (χ1) is 34.6. The van der Waals surface area contributed by atoms with E-state index in [9.17, 15) is 19.2 Å². The smallest absolute Gasteiger partial charge is 0.406 e. The van der Waals surface area contributed by atoms with Crippen molar-refractivity contribution in [2.45, 2.75) is 88.5 Å². The molecule has 6 amide bonds. The summed E-state index contributed by atoms with van der Waals surface area (Å²) in [7, 11) is 6.51. The van der Waals surface area contributed by atoms with Gasteiger partial charge in [-0.1, -0.05) is 54.1 Å². The summed E-state index contributed by atoms with van der Waals surface area (Å²) >= 11 is 6.28. The molecule has 6 rings (SSSR count). The van der Waals surface area contributed by atoms with Gasteiger partial charge in [0, 0.05) is 108 Å². The fraction of sp³-hybridized carbons (Fsp3) is 0.692. The minimum Gasteiger partial charge on any atom is -0.453 e. The van der Waals surface area contributed by atoms with Crippen LogP contribution in [0, 0.1) is 23.7 Å². The Morgan fingerprint density at radius 1 is 0.648 bits per heavy atom. The summed E-state index contributed by atoms with van der Waals surface area (Å²) < 4.78 is 33.0. The highest BCUT2D eigenvalue weighted by atomic mass is 35.5. The SMILES string of the molecule is CNC[C@H](C[C@H]1CCCOC1)NC(=O)N1CCC[C@@H]([C@@H](OCCNC(=O)OC)c2cccc(Cl)c2)C1.CNC[C@H](C[C@H]1CCCOC1)NC(=O)N1CCC[C@@H]([C@@H](OCCNC(=O)OC)c2ccccc2)C1. The average molecular weight is 1020 g/mol. The Hall–Kier alpha value is -4.43. The van der Waals surface area contributed by atoms with Gasteiger partial charge in [-0.15, -0.1) is 0 Å². The Balaban J connectivity index is 0.000000264.